The van der Waals surface area contributed by atoms with Crippen LogP contribution >= 0.6 is 11.6 Å². The Balaban J connectivity index is 1.84. The number of carbonyl (C=O) groups excluding carboxylic acids is 1. The number of carbonyl (C=O) groups is 1. The van der Waals surface area contributed by atoms with Gasteiger partial charge < -0.3 is 19.5 Å². The van der Waals surface area contributed by atoms with E-state index in [1.54, 1.807) is 26.4 Å². The van der Waals surface area contributed by atoms with Crippen molar-refractivity contribution in [3.63, 3.8) is 0 Å². The molecule has 1 aliphatic heterocycles. The molecule has 1 saturated heterocycles. The minimum Gasteiger partial charge on any atom is -0.497 e. The molecule has 0 radical (unpaired) electrons. The fourth-order valence-electron chi connectivity index (χ4n) is 5.15. The molecule has 6 heteroatoms. The summed E-state index contributed by atoms with van der Waals surface area (Å²) in [6.07, 6.45) is 4.22. The van der Waals surface area contributed by atoms with Crippen LogP contribution < -0.4 is 9.47 Å². The van der Waals surface area contributed by atoms with Crippen molar-refractivity contribution in [1.82, 2.24) is 4.90 Å². The van der Waals surface area contributed by atoms with Gasteiger partial charge in [-0.05, 0) is 49.6 Å². The van der Waals surface area contributed by atoms with Crippen LogP contribution in [0.1, 0.15) is 54.1 Å². The molecule has 2 aliphatic rings. The van der Waals surface area contributed by atoms with Gasteiger partial charge in [0.25, 0.3) is 5.91 Å². The standard InChI is InChI=1S/C24H28ClNO4/c1-29-16-10-11-21(30-2)18(15-16)22-19-8-5-6-12-24(19,28)13-14-26(22)23(27)17-7-3-4-9-20(17)25/h3-4,7,9-11,15,19,22,28H,5-6,8,12-14H2,1-2H3/t19-,22+,24+/m0/s1. The molecule has 2 fully saturated rings. The molecule has 0 bridgehead atoms. The summed E-state index contributed by atoms with van der Waals surface area (Å²) in [6.45, 7) is 0.460. The lowest BCUT2D eigenvalue weighted by atomic mass is 9.66. The third-order valence-electron chi connectivity index (χ3n) is 6.69. The molecule has 3 atom stereocenters. The zero-order valence-corrected chi connectivity index (χ0v) is 18.2. The first-order valence-corrected chi connectivity index (χ1v) is 10.9. The third-order valence-corrected chi connectivity index (χ3v) is 7.02. The van der Waals surface area contributed by atoms with Crippen LogP contribution in [-0.2, 0) is 0 Å². The molecule has 1 N–H and O–H groups in total. The average Bonchev–Trinajstić information content (AvgIpc) is 2.77. The summed E-state index contributed by atoms with van der Waals surface area (Å²) in [6, 6.07) is 12.4. The van der Waals surface area contributed by atoms with E-state index < -0.39 is 5.60 Å². The van der Waals surface area contributed by atoms with Crippen molar-refractivity contribution in [1.29, 1.82) is 0 Å². The van der Waals surface area contributed by atoms with Gasteiger partial charge in [0.2, 0.25) is 0 Å². The number of rotatable bonds is 4. The summed E-state index contributed by atoms with van der Waals surface area (Å²) in [7, 11) is 3.25. The summed E-state index contributed by atoms with van der Waals surface area (Å²) in [5.74, 6) is 1.18. The van der Waals surface area contributed by atoms with E-state index >= 15 is 0 Å². The van der Waals surface area contributed by atoms with Crippen molar-refractivity contribution in [3.05, 3.63) is 58.6 Å². The average molecular weight is 430 g/mol. The molecule has 160 valence electrons. The minimum atomic E-state index is -0.783. The number of fused-ring (bicyclic) bond motifs is 1. The quantitative estimate of drug-likeness (QED) is 0.753. The highest BCUT2D eigenvalue weighted by molar-refractivity contribution is 6.33. The number of hydrogen-bond acceptors (Lipinski definition) is 4. The van der Waals surface area contributed by atoms with Gasteiger partial charge >= 0.3 is 0 Å². The van der Waals surface area contributed by atoms with Crippen molar-refractivity contribution < 1.29 is 19.4 Å². The minimum absolute atomic E-state index is 0.0764. The van der Waals surface area contributed by atoms with Crippen molar-refractivity contribution in [2.45, 2.75) is 43.7 Å². The smallest absolute Gasteiger partial charge is 0.255 e. The summed E-state index contributed by atoms with van der Waals surface area (Å²) < 4.78 is 11.1. The molecule has 1 aliphatic carbocycles. The second-order valence-corrected chi connectivity index (χ2v) is 8.64. The highest BCUT2D eigenvalue weighted by Crippen LogP contribution is 2.51. The van der Waals surface area contributed by atoms with Crippen LogP contribution in [0.2, 0.25) is 5.02 Å². The van der Waals surface area contributed by atoms with E-state index in [2.05, 4.69) is 0 Å². The zero-order valence-electron chi connectivity index (χ0n) is 17.4. The lowest BCUT2D eigenvalue weighted by Gasteiger charge is -2.52. The maximum atomic E-state index is 13.6. The van der Waals surface area contributed by atoms with Crippen LogP contribution in [0.4, 0.5) is 0 Å². The number of halogens is 1. The van der Waals surface area contributed by atoms with Crippen LogP contribution in [0.5, 0.6) is 11.5 Å². The Bertz CT molecular complexity index is 933. The number of aliphatic hydroxyl groups is 1. The molecule has 1 amide bonds. The summed E-state index contributed by atoms with van der Waals surface area (Å²) >= 11 is 6.36. The van der Waals surface area contributed by atoms with Crippen molar-refractivity contribution >= 4 is 17.5 Å². The topological polar surface area (TPSA) is 59.0 Å². The van der Waals surface area contributed by atoms with Crippen molar-refractivity contribution in [3.8, 4) is 11.5 Å². The van der Waals surface area contributed by atoms with Crippen molar-refractivity contribution in [2.75, 3.05) is 20.8 Å². The summed E-state index contributed by atoms with van der Waals surface area (Å²) in [5, 5.41) is 11.9. The number of nitrogens with zero attached hydrogens (tertiary/aromatic N) is 1. The lowest BCUT2D eigenvalue weighted by Crippen LogP contribution is -2.56. The van der Waals surface area contributed by atoms with Crippen LogP contribution in [-0.4, -0.2) is 42.3 Å². The van der Waals surface area contributed by atoms with E-state index in [0.717, 1.165) is 31.2 Å². The van der Waals surface area contributed by atoms with E-state index in [-0.39, 0.29) is 17.9 Å². The molecule has 0 spiro atoms. The monoisotopic (exact) mass is 429 g/mol. The van der Waals surface area contributed by atoms with Crippen molar-refractivity contribution in [2.24, 2.45) is 5.92 Å². The van der Waals surface area contributed by atoms with Crippen LogP contribution in [0.25, 0.3) is 0 Å². The fourth-order valence-corrected chi connectivity index (χ4v) is 5.37. The van der Waals surface area contributed by atoms with E-state index in [1.165, 1.54) is 0 Å². The Morgan fingerprint density at radius 2 is 1.93 bits per heavy atom. The van der Waals surface area contributed by atoms with Gasteiger partial charge in [0, 0.05) is 18.0 Å². The van der Waals surface area contributed by atoms with E-state index in [9.17, 15) is 9.90 Å². The highest BCUT2D eigenvalue weighted by atomic mass is 35.5. The number of amides is 1. The third kappa shape index (κ3) is 3.65. The number of ether oxygens (including phenoxy) is 2. The molecular weight excluding hydrogens is 402 g/mol. The Kier molecular flexibility index (Phi) is 5.94. The Morgan fingerprint density at radius 3 is 2.67 bits per heavy atom. The number of piperidine rings is 1. The molecule has 30 heavy (non-hydrogen) atoms. The van der Waals surface area contributed by atoms with E-state index in [1.807, 2.05) is 35.2 Å². The van der Waals surface area contributed by atoms with Gasteiger partial charge in [0.05, 0.1) is 36.4 Å². The summed E-state index contributed by atoms with van der Waals surface area (Å²) in [5.41, 5.74) is 0.559. The molecule has 0 unspecified atom stereocenters. The van der Waals surface area contributed by atoms with Gasteiger partial charge in [-0.3, -0.25) is 4.79 Å². The maximum absolute atomic E-state index is 13.6. The molecule has 1 saturated carbocycles. The van der Waals surface area contributed by atoms with Crippen LogP contribution in [0, 0.1) is 5.92 Å². The molecule has 1 heterocycles. The number of hydrogen-bond donors (Lipinski definition) is 1. The molecular formula is C24H28ClNO4. The predicted octanol–water partition coefficient (Wildman–Crippen LogP) is 4.87. The first-order chi connectivity index (χ1) is 14.5. The Labute approximate surface area is 182 Å². The molecule has 4 rings (SSSR count). The van der Waals surface area contributed by atoms with Gasteiger partial charge in [-0.1, -0.05) is 36.6 Å². The normalized spacial score (nSPS) is 26.1. The predicted molar refractivity (Wildman–Crippen MR) is 116 cm³/mol. The number of likely N-dealkylation sites (tertiary alicyclic amines) is 1. The fraction of sp³-hybridized carbons (Fsp3) is 0.458. The second kappa shape index (κ2) is 8.48. The van der Waals surface area contributed by atoms with Gasteiger partial charge in [0.15, 0.2) is 0 Å². The van der Waals surface area contributed by atoms with Crippen LogP contribution in [0.15, 0.2) is 42.5 Å². The van der Waals surface area contributed by atoms with Gasteiger partial charge in [0.1, 0.15) is 11.5 Å². The van der Waals surface area contributed by atoms with Crippen LogP contribution in [0.3, 0.4) is 0 Å². The molecule has 2 aromatic rings. The van der Waals surface area contributed by atoms with Gasteiger partial charge in [-0.25, -0.2) is 0 Å². The van der Waals surface area contributed by atoms with Gasteiger partial charge in [-0.2, -0.15) is 0 Å². The molecule has 5 nitrogen and oxygen atoms in total. The molecule has 2 aromatic carbocycles. The first kappa shape index (κ1) is 21.0. The Hall–Kier alpha value is -2.24. The van der Waals surface area contributed by atoms with E-state index in [4.69, 9.17) is 21.1 Å². The largest absolute Gasteiger partial charge is 0.497 e. The lowest BCUT2D eigenvalue weighted by molar-refractivity contribution is -0.115. The number of methoxy groups -OCH3 is 2. The SMILES string of the molecule is COc1ccc(OC)c([C@@H]2[C@@H]3CCCC[C@@]3(O)CCN2C(=O)c2ccccc2Cl)c1. The first-order valence-electron chi connectivity index (χ1n) is 10.5. The zero-order chi connectivity index (χ0) is 21.3. The second-order valence-electron chi connectivity index (χ2n) is 8.24. The highest BCUT2D eigenvalue weighted by Gasteiger charge is 2.51. The van der Waals surface area contributed by atoms with Gasteiger partial charge in [-0.15, -0.1) is 0 Å². The maximum Gasteiger partial charge on any atom is 0.255 e. The summed E-state index contributed by atoms with van der Waals surface area (Å²) in [4.78, 5) is 15.5. The van der Waals surface area contributed by atoms with E-state index in [0.29, 0.717) is 35.1 Å². The number of benzene rings is 2. The Morgan fingerprint density at radius 1 is 1.13 bits per heavy atom. The molecule has 0 aromatic heterocycles.